The first-order valence-electron chi connectivity index (χ1n) is 13.7. The molecule has 1 fully saturated rings. The van der Waals surface area contributed by atoms with Gasteiger partial charge in [0.25, 0.3) is 0 Å². The zero-order chi connectivity index (χ0) is 29.0. The number of aromatic nitrogens is 2. The smallest absolute Gasteiger partial charge is 0.245 e. The van der Waals surface area contributed by atoms with Gasteiger partial charge in [0, 0.05) is 25.7 Å². The number of hydrogen-bond donors (Lipinski definition) is 5. The van der Waals surface area contributed by atoms with Crippen LogP contribution in [0.4, 0.5) is 23.1 Å². The van der Waals surface area contributed by atoms with Gasteiger partial charge in [0.1, 0.15) is 15.7 Å². The Hall–Kier alpha value is -3.00. The lowest BCUT2D eigenvalue weighted by Gasteiger charge is -2.20. The van der Waals surface area contributed by atoms with Gasteiger partial charge in [0.15, 0.2) is 5.82 Å². The number of aliphatic hydroxyl groups is 2. The molecule has 0 radical (unpaired) electrons. The first kappa shape index (κ1) is 29.5. The Balaban J connectivity index is 1.39. The first-order valence-corrected chi connectivity index (χ1v) is 15.5. The van der Waals surface area contributed by atoms with E-state index in [0.29, 0.717) is 30.4 Å². The molecular weight excluding hydrogens is 568 g/mol. The normalized spacial score (nSPS) is 19.4. The highest BCUT2D eigenvalue weighted by Crippen LogP contribution is 2.37. The second-order valence-corrected chi connectivity index (χ2v) is 12.5. The topological polar surface area (TPSA) is 149 Å². The van der Waals surface area contributed by atoms with Crippen LogP contribution in [0.1, 0.15) is 30.4 Å². The summed E-state index contributed by atoms with van der Waals surface area (Å²) in [4.78, 5) is 8.94. The quantitative estimate of drug-likeness (QED) is 0.219. The van der Waals surface area contributed by atoms with Crippen molar-refractivity contribution < 1.29 is 23.4 Å². The number of benzene rings is 2. The molecule has 1 aliphatic carbocycles. The van der Waals surface area contributed by atoms with Gasteiger partial charge in [-0.15, -0.1) is 0 Å². The van der Waals surface area contributed by atoms with E-state index in [9.17, 15) is 18.6 Å². The van der Waals surface area contributed by atoms with Crippen molar-refractivity contribution in [1.82, 2.24) is 19.6 Å². The Bertz CT molecular complexity index is 1490. The monoisotopic (exact) mass is 602 g/mol. The van der Waals surface area contributed by atoms with Crippen LogP contribution in [0.25, 0.3) is 0 Å². The van der Waals surface area contributed by atoms with E-state index in [4.69, 9.17) is 16.3 Å². The molecule has 1 aromatic heterocycles. The van der Waals surface area contributed by atoms with E-state index in [1.807, 2.05) is 6.07 Å². The number of hydrogen-bond acceptors (Lipinski definition) is 10. The third-order valence-electron chi connectivity index (χ3n) is 7.43. The Labute approximate surface area is 245 Å². The number of sulfonamides is 1. The Kier molecular flexibility index (Phi) is 9.27. The number of para-hydroxylation sites is 1. The van der Waals surface area contributed by atoms with Gasteiger partial charge in [-0.1, -0.05) is 29.8 Å². The van der Waals surface area contributed by atoms with Crippen molar-refractivity contribution in [2.24, 2.45) is 0 Å². The molecule has 0 amide bonds. The number of halogens is 1. The number of fused-ring (bicyclic) bond motifs is 1. The van der Waals surface area contributed by atoms with E-state index in [0.717, 1.165) is 37.0 Å². The average Bonchev–Trinajstić information content (AvgIpc) is 3.31. The van der Waals surface area contributed by atoms with Crippen molar-refractivity contribution in [3.8, 4) is 5.75 Å². The first-order chi connectivity index (χ1) is 19.8. The standard InChI is InChI=1S/C28H35ClN6O5S/c1-40-26-21-6-4-5-19(30-12-14-36)15-18(21)9-10-24(26)33-28-31-16-22(29)27(34-28)32-23-7-2-3-8-25(23)41(38,39)35-13-11-20(37)17-35/h2-3,7-10,16,19-20,30,36-37H,4-6,11-15,17H2,1H3,(H2,31,32,33,34)/t19?,20-/m0/s1. The Morgan fingerprint density at radius 2 is 1.98 bits per heavy atom. The number of rotatable bonds is 10. The fraction of sp³-hybridized carbons (Fsp3) is 0.429. The Morgan fingerprint density at radius 1 is 1.15 bits per heavy atom. The van der Waals surface area contributed by atoms with Crippen LogP contribution in [0.5, 0.6) is 5.75 Å². The fourth-order valence-corrected chi connectivity index (χ4v) is 7.21. The van der Waals surface area contributed by atoms with Crippen LogP contribution in [-0.2, 0) is 22.9 Å². The number of nitrogens with zero attached hydrogens (tertiary/aromatic N) is 3. The summed E-state index contributed by atoms with van der Waals surface area (Å²) in [6.07, 6.45) is 4.86. The number of nitrogens with one attached hydrogen (secondary N) is 3. The maximum atomic E-state index is 13.3. The minimum absolute atomic E-state index is 0.0570. The lowest BCUT2D eigenvalue weighted by Crippen LogP contribution is -2.32. The molecule has 1 aliphatic heterocycles. The molecule has 11 nitrogen and oxygen atoms in total. The number of ether oxygens (including phenoxy) is 1. The zero-order valence-electron chi connectivity index (χ0n) is 22.8. The van der Waals surface area contributed by atoms with E-state index in [1.54, 1.807) is 25.3 Å². The van der Waals surface area contributed by atoms with Crippen molar-refractivity contribution in [1.29, 1.82) is 0 Å². The summed E-state index contributed by atoms with van der Waals surface area (Å²) >= 11 is 6.43. The molecule has 2 aromatic carbocycles. The summed E-state index contributed by atoms with van der Waals surface area (Å²) in [5.41, 5.74) is 3.34. The maximum absolute atomic E-state index is 13.3. The second-order valence-electron chi connectivity index (χ2n) is 10.2. The van der Waals surface area contributed by atoms with Gasteiger partial charge in [-0.3, -0.25) is 0 Å². The molecule has 13 heteroatoms. The second kappa shape index (κ2) is 12.9. The molecule has 41 heavy (non-hydrogen) atoms. The van der Waals surface area contributed by atoms with Gasteiger partial charge in [-0.2, -0.15) is 9.29 Å². The summed E-state index contributed by atoms with van der Waals surface area (Å²) in [6, 6.07) is 10.8. The van der Waals surface area contributed by atoms with E-state index < -0.39 is 16.1 Å². The van der Waals surface area contributed by atoms with Crippen LogP contribution in [0.15, 0.2) is 47.5 Å². The minimum atomic E-state index is -3.85. The largest absolute Gasteiger partial charge is 0.494 e. The number of β-amino-alcohol motifs (C(OH)–C–C–N with tert-alkyl or cyclic N) is 1. The highest BCUT2D eigenvalue weighted by Gasteiger charge is 2.33. The van der Waals surface area contributed by atoms with Crippen molar-refractivity contribution in [2.45, 2.75) is 49.1 Å². The van der Waals surface area contributed by atoms with Gasteiger partial charge < -0.3 is 30.9 Å². The van der Waals surface area contributed by atoms with Crippen LogP contribution in [0.2, 0.25) is 5.02 Å². The van der Waals surface area contributed by atoms with Crippen LogP contribution in [0.3, 0.4) is 0 Å². The van der Waals surface area contributed by atoms with Gasteiger partial charge in [-0.25, -0.2) is 13.4 Å². The van der Waals surface area contributed by atoms with Crippen molar-refractivity contribution >= 4 is 44.8 Å². The molecule has 2 aliphatic rings. The van der Waals surface area contributed by atoms with E-state index in [1.165, 1.54) is 22.1 Å². The molecule has 1 unspecified atom stereocenters. The van der Waals surface area contributed by atoms with Crippen LogP contribution in [0, 0.1) is 0 Å². The lowest BCUT2D eigenvalue weighted by molar-refractivity contribution is 0.189. The molecule has 0 bridgehead atoms. The van der Waals surface area contributed by atoms with E-state index >= 15 is 0 Å². The maximum Gasteiger partial charge on any atom is 0.245 e. The molecule has 2 heterocycles. The third kappa shape index (κ3) is 6.58. The van der Waals surface area contributed by atoms with Crippen molar-refractivity contribution in [2.75, 3.05) is 44.0 Å². The van der Waals surface area contributed by atoms with E-state index in [2.05, 4.69) is 32.0 Å². The highest BCUT2D eigenvalue weighted by molar-refractivity contribution is 7.89. The van der Waals surface area contributed by atoms with Crippen LogP contribution < -0.4 is 20.7 Å². The van der Waals surface area contributed by atoms with Gasteiger partial charge in [0.2, 0.25) is 16.0 Å². The summed E-state index contributed by atoms with van der Waals surface area (Å²) in [6.45, 7) is 0.986. The molecule has 5 rings (SSSR count). The van der Waals surface area contributed by atoms with Gasteiger partial charge in [-0.05, 0) is 61.4 Å². The SMILES string of the molecule is COc1c(Nc2ncc(Cl)c(Nc3ccccc3S(=O)(=O)N3CC[C@H](O)C3)n2)ccc2c1CCCC(NCCO)C2. The van der Waals surface area contributed by atoms with Crippen LogP contribution >= 0.6 is 11.6 Å². The average molecular weight is 603 g/mol. The lowest BCUT2D eigenvalue weighted by atomic mass is 9.99. The van der Waals surface area contributed by atoms with Crippen molar-refractivity contribution in [3.63, 3.8) is 0 Å². The summed E-state index contributed by atoms with van der Waals surface area (Å²) < 4.78 is 33.8. The van der Waals surface area contributed by atoms with Crippen molar-refractivity contribution in [3.05, 3.63) is 58.7 Å². The molecule has 1 saturated heterocycles. The molecule has 3 aromatic rings. The molecule has 0 saturated carbocycles. The summed E-state index contributed by atoms with van der Waals surface area (Å²) in [5, 5.41) is 29.0. The zero-order valence-corrected chi connectivity index (χ0v) is 24.4. The summed E-state index contributed by atoms with van der Waals surface area (Å²) in [5.74, 6) is 1.22. The predicted octanol–water partition coefficient (Wildman–Crippen LogP) is 3.21. The minimum Gasteiger partial charge on any atom is -0.494 e. The summed E-state index contributed by atoms with van der Waals surface area (Å²) in [7, 11) is -2.21. The fourth-order valence-electron chi connectivity index (χ4n) is 5.43. The number of anilines is 4. The predicted molar refractivity (Wildman–Crippen MR) is 158 cm³/mol. The molecule has 5 N–H and O–H groups in total. The Morgan fingerprint density at radius 3 is 2.73 bits per heavy atom. The third-order valence-corrected chi connectivity index (χ3v) is 9.63. The number of aliphatic hydroxyl groups excluding tert-OH is 2. The highest BCUT2D eigenvalue weighted by atomic mass is 35.5. The molecule has 2 atom stereocenters. The molecule has 0 spiro atoms. The van der Waals surface area contributed by atoms with Gasteiger partial charge >= 0.3 is 0 Å². The number of methoxy groups -OCH3 is 1. The van der Waals surface area contributed by atoms with E-state index in [-0.39, 0.29) is 41.4 Å². The van der Waals surface area contributed by atoms with Crippen LogP contribution in [-0.4, -0.2) is 78.4 Å². The molecular formula is C28H35ClN6O5S. The molecule has 220 valence electrons. The van der Waals surface area contributed by atoms with Gasteiger partial charge in [0.05, 0.1) is 37.4 Å².